The predicted molar refractivity (Wildman–Crippen MR) is 61.9 cm³/mol. The predicted octanol–water partition coefficient (Wildman–Crippen LogP) is -0.231. The molecule has 3 N–H and O–H groups in total. The van der Waals surface area contributed by atoms with E-state index < -0.39 is 0 Å². The van der Waals surface area contributed by atoms with Crippen molar-refractivity contribution in [3.8, 4) is 0 Å². The molecule has 0 radical (unpaired) electrons. The van der Waals surface area contributed by atoms with Crippen molar-refractivity contribution in [2.75, 3.05) is 13.1 Å². The van der Waals surface area contributed by atoms with Crippen molar-refractivity contribution >= 4 is 11.8 Å². The van der Waals surface area contributed by atoms with Crippen LogP contribution in [0.5, 0.6) is 0 Å². The minimum absolute atomic E-state index is 0.0499. The zero-order chi connectivity index (χ0) is 12.2. The van der Waals surface area contributed by atoms with Crippen LogP contribution in [0.4, 0.5) is 0 Å². The molecule has 0 unspecified atom stereocenters. The Morgan fingerprint density at radius 2 is 2.06 bits per heavy atom. The highest BCUT2D eigenvalue weighted by molar-refractivity contribution is 5.87. The summed E-state index contributed by atoms with van der Waals surface area (Å²) < 4.78 is 0. The maximum absolute atomic E-state index is 11.6. The number of rotatable bonds is 3. The molecule has 1 heterocycles. The van der Waals surface area contributed by atoms with E-state index in [0.29, 0.717) is 0 Å². The highest BCUT2D eigenvalue weighted by atomic mass is 16.2. The molecule has 1 rings (SSSR count). The van der Waals surface area contributed by atoms with Crippen molar-refractivity contribution < 1.29 is 9.59 Å². The van der Waals surface area contributed by atoms with Crippen LogP contribution < -0.4 is 16.0 Å². The van der Waals surface area contributed by atoms with E-state index in [1.54, 1.807) is 0 Å². The second kappa shape index (κ2) is 5.30. The van der Waals surface area contributed by atoms with E-state index in [0.717, 1.165) is 19.4 Å². The fourth-order valence-corrected chi connectivity index (χ4v) is 1.66. The quantitative estimate of drug-likeness (QED) is 0.624. The van der Waals surface area contributed by atoms with Crippen molar-refractivity contribution in [1.29, 1.82) is 0 Å². The first-order valence-corrected chi connectivity index (χ1v) is 5.70. The van der Waals surface area contributed by atoms with Crippen LogP contribution in [0.15, 0.2) is 0 Å². The van der Waals surface area contributed by atoms with Gasteiger partial charge in [-0.3, -0.25) is 9.59 Å². The molecule has 16 heavy (non-hydrogen) atoms. The van der Waals surface area contributed by atoms with Crippen LogP contribution in [0.25, 0.3) is 0 Å². The lowest BCUT2D eigenvalue weighted by Crippen LogP contribution is -2.48. The van der Waals surface area contributed by atoms with E-state index >= 15 is 0 Å². The number of carbonyl (C=O) groups is 2. The Bertz CT molecular complexity index is 265. The van der Waals surface area contributed by atoms with Gasteiger partial charge in [0.25, 0.3) is 0 Å². The van der Waals surface area contributed by atoms with Gasteiger partial charge in [-0.05, 0) is 40.2 Å². The lowest BCUT2D eigenvalue weighted by molar-refractivity contribution is -0.127. The Hall–Kier alpha value is -1.10. The van der Waals surface area contributed by atoms with Gasteiger partial charge in [0.2, 0.25) is 11.8 Å². The number of carbonyl (C=O) groups excluding carboxylic acids is 2. The van der Waals surface area contributed by atoms with Gasteiger partial charge in [-0.2, -0.15) is 0 Å². The molecular weight excluding hydrogens is 206 g/mol. The van der Waals surface area contributed by atoms with Crippen molar-refractivity contribution in [2.45, 2.75) is 45.2 Å². The molecule has 0 aromatic rings. The van der Waals surface area contributed by atoms with Gasteiger partial charge in [0.15, 0.2) is 0 Å². The second-order valence-electron chi connectivity index (χ2n) is 5.16. The summed E-state index contributed by atoms with van der Waals surface area (Å²) in [5.41, 5.74) is -0.257. The smallest absolute Gasteiger partial charge is 0.239 e. The molecule has 1 aliphatic rings. The largest absolute Gasteiger partial charge is 0.350 e. The molecule has 1 atom stereocenters. The van der Waals surface area contributed by atoms with Gasteiger partial charge in [0, 0.05) is 5.54 Å². The molecule has 1 fully saturated rings. The molecular formula is C11H21N3O2. The zero-order valence-electron chi connectivity index (χ0n) is 10.2. The number of hydrogen-bond donors (Lipinski definition) is 3. The van der Waals surface area contributed by atoms with Crippen molar-refractivity contribution in [2.24, 2.45) is 0 Å². The lowest BCUT2D eigenvalue weighted by atomic mass is 10.1. The maximum Gasteiger partial charge on any atom is 0.239 e. The molecule has 5 nitrogen and oxygen atoms in total. The van der Waals surface area contributed by atoms with Crippen LogP contribution in [-0.2, 0) is 9.59 Å². The Morgan fingerprint density at radius 3 is 2.56 bits per heavy atom. The molecule has 0 bridgehead atoms. The standard InChI is InChI=1S/C11H21N3O2/c1-11(2,3)14-9(15)7-13-10(16)8-5-4-6-12-8/h8,12H,4-7H2,1-3H3,(H,13,16)(H,14,15)/t8-/m1/s1. The van der Waals surface area contributed by atoms with E-state index in [1.807, 2.05) is 20.8 Å². The summed E-state index contributed by atoms with van der Waals surface area (Å²) in [5, 5.41) is 8.51. The normalized spacial score (nSPS) is 20.6. The van der Waals surface area contributed by atoms with E-state index in [2.05, 4.69) is 16.0 Å². The molecule has 0 aromatic heterocycles. The summed E-state index contributed by atoms with van der Waals surface area (Å²) in [6.07, 6.45) is 1.87. The molecule has 0 spiro atoms. The number of nitrogens with one attached hydrogen (secondary N) is 3. The fraction of sp³-hybridized carbons (Fsp3) is 0.818. The second-order valence-corrected chi connectivity index (χ2v) is 5.16. The Morgan fingerprint density at radius 1 is 1.38 bits per heavy atom. The lowest BCUT2D eigenvalue weighted by Gasteiger charge is -2.20. The third-order valence-electron chi connectivity index (χ3n) is 2.31. The van der Waals surface area contributed by atoms with Gasteiger partial charge in [-0.25, -0.2) is 0 Å². The average Bonchev–Trinajstić information content (AvgIpc) is 2.64. The van der Waals surface area contributed by atoms with Gasteiger partial charge in [-0.15, -0.1) is 0 Å². The van der Waals surface area contributed by atoms with Gasteiger partial charge in [0.1, 0.15) is 0 Å². The third-order valence-corrected chi connectivity index (χ3v) is 2.31. The first kappa shape index (κ1) is 13.0. The molecule has 92 valence electrons. The minimum Gasteiger partial charge on any atom is -0.350 e. The van der Waals surface area contributed by atoms with Gasteiger partial charge in [-0.1, -0.05) is 0 Å². The summed E-state index contributed by atoms with van der Waals surface area (Å²) in [7, 11) is 0. The van der Waals surface area contributed by atoms with E-state index in [9.17, 15) is 9.59 Å². The van der Waals surface area contributed by atoms with Crippen LogP contribution >= 0.6 is 0 Å². The van der Waals surface area contributed by atoms with Crippen LogP contribution in [0, 0.1) is 0 Å². The molecule has 5 heteroatoms. The zero-order valence-corrected chi connectivity index (χ0v) is 10.2. The first-order valence-electron chi connectivity index (χ1n) is 5.70. The molecule has 1 aliphatic heterocycles. The average molecular weight is 227 g/mol. The number of hydrogen-bond acceptors (Lipinski definition) is 3. The maximum atomic E-state index is 11.6. The summed E-state index contributed by atoms with van der Waals surface area (Å²) in [4.78, 5) is 23.0. The van der Waals surface area contributed by atoms with Crippen molar-refractivity contribution in [1.82, 2.24) is 16.0 Å². The summed E-state index contributed by atoms with van der Waals surface area (Å²) >= 11 is 0. The molecule has 0 aliphatic carbocycles. The monoisotopic (exact) mass is 227 g/mol. The third kappa shape index (κ3) is 4.61. The molecule has 0 aromatic carbocycles. The molecule has 1 saturated heterocycles. The van der Waals surface area contributed by atoms with E-state index in [4.69, 9.17) is 0 Å². The van der Waals surface area contributed by atoms with Crippen LogP contribution in [0.2, 0.25) is 0 Å². The summed E-state index contributed by atoms with van der Waals surface area (Å²) in [6.45, 7) is 6.66. The highest BCUT2D eigenvalue weighted by Crippen LogP contribution is 2.04. The Balaban J connectivity index is 2.23. The number of amides is 2. The van der Waals surface area contributed by atoms with E-state index in [-0.39, 0.29) is 29.9 Å². The van der Waals surface area contributed by atoms with E-state index in [1.165, 1.54) is 0 Å². The topological polar surface area (TPSA) is 70.2 Å². The van der Waals surface area contributed by atoms with Gasteiger partial charge < -0.3 is 16.0 Å². The van der Waals surface area contributed by atoms with Crippen LogP contribution in [-0.4, -0.2) is 36.5 Å². The summed E-state index contributed by atoms with van der Waals surface area (Å²) in [5.74, 6) is -0.236. The van der Waals surface area contributed by atoms with Crippen LogP contribution in [0.1, 0.15) is 33.6 Å². The van der Waals surface area contributed by atoms with Crippen molar-refractivity contribution in [3.05, 3.63) is 0 Å². The minimum atomic E-state index is -0.257. The van der Waals surface area contributed by atoms with Gasteiger partial charge >= 0.3 is 0 Å². The fourth-order valence-electron chi connectivity index (χ4n) is 1.66. The van der Waals surface area contributed by atoms with Crippen molar-refractivity contribution in [3.63, 3.8) is 0 Å². The SMILES string of the molecule is CC(C)(C)NC(=O)CNC(=O)[C@H]1CCCN1. The first-order chi connectivity index (χ1) is 7.38. The summed E-state index contributed by atoms with van der Waals surface area (Å²) in [6, 6.07) is -0.123. The molecule has 0 saturated carbocycles. The molecule has 2 amide bonds. The Labute approximate surface area is 96.4 Å². The Kier molecular flexibility index (Phi) is 4.29. The highest BCUT2D eigenvalue weighted by Gasteiger charge is 2.22. The van der Waals surface area contributed by atoms with Crippen LogP contribution in [0.3, 0.4) is 0 Å². The van der Waals surface area contributed by atoms with Gasteiger partial charge in [0.05, 0.1) is 12.6 Å².